The van der Waals surface area contributed by atoms with Crippen molar-refractivity contribution in [2.24, 2.45) is 0 Å². The average Bonchev–Trinajstić information content (AvgIpc) is 3.18. The number of carboxylic acids is 1. The van der Waals surface area contributed by atoms with Crippen molar-refractivity contribution in [1.82, 2.24) is 10.3 Å². The number of carbonyl (C=O) groups is 1. The van der Waals surface area contributed by atoms with Crippen LogP contribution >= 0.6 is 0 Å². The standard InChI is InChI=1S/C26H24N2O3/c29-26(30)23-16-21-20-8-4-5-9-22(20)27-25(21)24(28-23)18-10-12-19(13-11-18)31-15-14-17-6-2-1-3-7-17/h1-13,23-24,27-28H,14-16H2,(H,29,30). The summed E-state index contributed by atoms with van der Waals surface area (Å²) in [5.41, 5.74) is 5.41. The molecule has 1 aromatic heterocycles. The number of ether oxygens (including phenoxy) is 1. The van der Waals surface area contributed by atoms with Gasteiger partial charge in [-0.2, -0.15) is 0 Å². The van der Waals surface area contributed by atoms with E-state index in [4.69, 9.17) is 4.74 Å². The topological polar surface area (TPSA) is 74.3 Å². The summed E-state index contributed by atoms with van der Waals surface area (Å²) in [6.07, 6.45) is 1.32. The second-order valence-corrected chi connectivity index (χ2v) is 7.91. The van der Waals surface area contributed by atoms with E-state index < -0.39 is 12.0 Å². The molecule has 2 unspecified atom stereocenters. The Kier molecular flexibility index (Phi) is 5.18. The molecule has 1 aliphatic heterocycles. The normalized spacial score (nSPS) is 17.9. The highest BCUT2D eigenvalue weighted by Crippen LogP contribution is 2.35. The molecule has 4 aromatic rings. The maximum atomic E-state index is 11.8. The number of hydrogen-bond donors (Lipinski definition) is 3. The maximum absolute atomic E-state index is 11.8. The Labute approximate surface area is 180 Å². The van der Waals surface area contributed by atoms with E-state index >= 15 is 0 Å². The Bertz CT molecular complexity index is 1200. The van der Waals surface area contributed by atoms with E-state index in [9.17, 15) is 9.90 Å². The first-order valence-corrected chi connectivity index (χ1v) is 10.5. The van der Waals surface area contributed by atoms with E-state index in [1.165, 1.54) is 5.56 Å². The van der Waals surface area contributed by atoms with E-state index in [1.54, 1.807) is 0 Å². The molecule has 0 fully saturated rings. The van der Waals surface area contributed by atoms with Gasteiger partial charge in [0.25, 0.3) is 0 Å². The molecule has 0 bridgehead atoms. The quantitative estimate of drug-likeness (QED) is 0.437. The van der Waals surface area contributed by atoms with E-state index in [0.717, 1.165) is 39.9 Å². The third-order valence-electron chi connectivity index (χ3n) is 5.93. The van der Waals surface area contributed by atoms with Gasteiger partial charge in [-0.15, -0.1) is 0 Å². The van der Waals surface area contributed by atoms with Crippen LogP contribution in [0.4, 0.5) is 0 Å². The van der Waals surface area contributed by atoms with Crippen molar-refractivity contribution in [3.05, 3.63) is 101 Å². The minimum absolute atomic E-state index is 0.212. The van der Waals surface area contributed by atoms with Crippen LogP contribution in [0.1, 0.15) is 28.4 Å². The van der Waals surface area contributed by atoms with Crippen molar-refractivity contribution in [3.63, 3.8) is 0 Å². The van der Waals surface area contributed by atoms with Gasteiger partial charge in [0.2, 0.25) is 0 Å². The van der Waals surface area contributed by atoms with Crippen LogP contribution in [-0.2, 0) is 17.6 Å². The first kappa shape index (κ1) is 19.4. The molecule has 0 spiro atoms. The van der Waals surface area contributed by atoms with Crippen LogP contribution in [0.2, 0.25) is 0 Å². The number of benzene rings is 3. The van der Waals surface area contributed by atoms with Gasteiger partial charge in [-0.05, 0) is 34.9 Å². The van der Waals surface area contributed by atoms with E-state index in [1.807, 2.05) is 60.7 Å². The van der Waals surface area contributed by atoms with Crippen LogP contribution in [0.5, 0.6) is 5.75 Å². The van der Waals surface area contributed by atoms with Crippen molar-refractivity contribution >= 4 is 16.9 Å². The zero-order valence-corrected chi connectivity index (χ0v) is 17.0. The molecule has 0 saturated heterocycles. The number of aliphatic carboxylic acids is 1. The Balaban J connectivity index is 1.37. The van der Waals surface area contributed by atoms with Gasteiger partial charge < -0.3 is 14.8 Å². The fourth-order valence-electron chi connectivity index (χ4n) is 4.34. The highest BCUT2D eigenvalue weighted by Gasteiger charge is 2.33. The van der Waals surface area contributed by atoms with Crippen LogP contribution in [0.3, 0.4) is 0 Å². The van der Waals surface area contributed by atoms with Gasteiger partial charge in [-0.25, -0.2) is 0 Å². The van der Waals surface area contributed by atoms with Crippen molar-refractivity contribution in [2.75, 3.05) is 6.61 Å². The van der Waals surface area contributed by atoms with Crippen LogP contribution in [0, 0.1) is 0 Å². The lowest BCUT2D eigenvalue weighted by molar-refractivity contribution is -0.139. The lowest BCUT2D eigenvalue weighted by Gasteiger charge is -2.29. The third-order valence-corrected chi connectivity index (χ3v) is 5.93. The SMILES string of the molecule is O=C(O)C1Cc2c([nH]c3ccccc23)C(c2ccc(OCCc3ccccc3)cc2)N1. The predicted octanol–water partition coefficient (Wildman–Crippen LogP) is 4.48. The lowest BCUT2D eigenvalue weighted by atomic mass is 9.90. The number of nitrogens with one attached hydrogen (secondary N) is 2. The summed E-state index contributed by atoms with van der Waals surface area (Å²) in [5.74, 6) is -0.0241. The number of carboxylic acid groups (broad SMARTS) is 1. The molecule has 5 nitrogen and oxygen atoms in total. The molecule has 3 N–H and O–H groups in total. The fourth-order valence-corrected chi connectivity index (χ4v) is 4.34. The number of para-hydroxylation sites is 1. The molecule has 1 aliphatic rings. The third kappa shape index (κ3) is 3.92. The second-order valence-electron chi connectivity index (χ2n) is 7.91. The lowest BCUT2D eigenvalue weighted by Crippen LogP contribution is -2.44. The summed E-state index contributed by atoms with van der Waals surface area (Å²) in [4.78, 5) is 15.3. The monoisotopic (exact) mass is 412 g/mol. The molecular weight excluding hydrogens is 388 g/mol. The minimum atomic E-state index is -0.832. The first-order valence-electron chi connectivity index (χ1n) is 10.5. The van der Waals surface area contributed by atoms with E-state index in [0.29, 0.717) is 13.0 Å². The summed E-state index contributed by atoms with van der Waals surface area (Å²) in [6.45, 7) is 0.609. The van der Waals surface area contributed by atoms with E-state index in [2.05, 4.69) is 28.5 Å². The molecule has 5 rings (SSSR count). The van der Waals surface area contributed by atoms with Crippen LogP contribution in [-0.4, -0.2) is 28.7 Å². The van der Waals surface area contributed by atoms with Crippen molar-refractivity contribution in [2.45, 2.75) is 24.9 Å². The Morgan fingerprint density at radius 3 is 2.48 bits per heavy atom. The average molecular weight is 412 g/mol. The van der Waals surface area contributed by atoms with Gasteiger partial charge in [0.1, 0.15) is 11.8 Å². The highest BCUT2D eigenvalue weighted by atomic mass is 16.5. The van der Waals surface area contributed by atoms with Crippen LogP contribution < -0.4 is 10.1 Å². The fraction of sp³-hybridized carbons (Fsp3) is 0.192. The van der Waals surface area contributed by atoms with Gasteiger partial charge in [-0.1, -0.05) is 60.7 Å². The second kappa shape index (κ2) is 8.28. The molecular formula is C26H24N2O3. The smallest absolute Gasteiger partial charge is 0.321 e. The van der Waals surface area contributed by atoms with Gasteiger partial charge in [0.15, 0.2) is 0 Å². The van der Waals surface area contributed by atoms with Gasteiger partial charge in [0.05, 0.1) is 12.6 Å². The molecule has 5 heteroatoms. The van der Waals surface area contributed by atoms with Crippen LogP contribution in [0.15, 0.2) is 78.9 Å². The van der Waals surface area contributed by atoms with Crippen molar-refractivity contribution < 1.29 is 14.6 Å². The summed E-state index contributed by atoms with van der Waals surface area (Å²) in [6, 6.07) is 25.4. The maximum Gasteiger partial charge on any atom is 0.321 e. The Morgan fingerprint density at radius 1 is 0.968 bits per heavy atom. The van der Waals surface area contributed by atoms with Gasteiger partial charge in [0, 0.05) is 29.4 Å². The zero-order chi connectivity index (χ0) is 21.2. The molecule has 0 radical (unpaired) electrons. The number of rotatable bonds is 6. The summed E-state index contributed by atoms with van der Waals surface area (Å²) in [7, 11) is 0. The van der Waals surface area contributed by atoms with Gasteiger partial charge >= 0.3 is 5.97 Å². The summed E-state index contributed by atoms with van der Waals surface area (Å²) in [5, 5.41) is 14.1. The molecule has 0 aliphatic carbocycles. The number of aromatic nitrogens is 1. The van der Waals surface area contributed by atoms with Crippen LogP contribution in [0.25, 0.3) is 10.9 Å². The molecule has 0 amide bonds. The summed E-state index contributed by atoms with van der Waals surface area (Å²) >= 11 is 0. The number of hydrogen-bond acceptors (Lipinski definition) is 3. The minimum Gasteiger partial charge on any atom is -0.493 e. The van der Waals surface area contributed by atoms with E-state index in [-0.39, 0.29) is 6.04 Å². The Morgan fingerprint density at radius 2 is 1.71 bits per heavy atom. The first-order chi connectivity index (χ1) is 15.2. The number of aromatic amines is 1. The molecule has 31 heavy (non-hydrogen) atoms. The highest BCUT2D eigenvalue weighted by molar-refractivity contribution is 5.87. The number of fused-ring (bicyclic) bond motifs is 3. The molecule has 156 valence electrons. The molecule has 2 heterocycles. The van der Waals surface area contributed by atoms with Gasteiger partial charge in [-0.3, -0.25) is 10.1 Å². The zero-order valence-electron chi connectivity index (χ0n) is 17.0. The van der Waals surface area contributed by atoms with Crippen molar-refractivity contribution in [3.8, 4) is 5.75 Å². The number of H-pyrrole nitrogens is 1. The molecule has 0 saturated carbocycles. The molecule has 2 atom stereocenters. The predicted molar refractivity (Wildman–Crippen MR) is 120 cm³/mol. The summed E-state index contributed by atoms with van der Waals surface area (Å²) < 4.78 is 5.91. The van der Waals surface area contributed by atoms with Crippen molar-refractivity contribution in [1.29, 1.82) is 0 Å². The largest absolute Gasteiger partial charge is 0.493 e. The molecule has 3 aromatic carbocycles. The Hall–Kier alpha value is -3.57.